The van der Waals surface area contributed by atoms with Gasteiger partial charge in [-0.2, -0.15) is 4.31 Å². The second-order valence-electron chi connectivity index (χ2n) is 4.38. The molecule has 1 aliphatic rings. The van der Waals surface area contributed by atoms with Crippen LogP contribution in [0.3, 0.4) is 0 Å². The van der Waals surface area contributed by atoms with E-state index < -0.39 is 10.0 Å². The third kappa shape index (κ3) is 2.47. The highest BCUT2D eigenvalue weighted by Gasteiger charge is 2.35. The van der Waals surface area contributed by atoms with Gasteiger partial charge in [0.1, 0.15) is 0 Å². The number of sulfonamides is 1. The highest BCUT2D eigenvalue weighted by Crippen LogP contribution is 2.28. The Morgan fingerprint density at radius 2 is 2.06 bits per heavy atom. The number of hydrogen-bond donors (Lipinski definition) is 0. The Morgan fingerprint density at radius 1 is 1.39 bits per heavy atom. The Labute approximate surface area is 116 Å². The van der Waals surface area contributed by atoms with Gasteiger partial charge in [-0.25, -0.2) is 8.42 Å². The summed E-state index contributed by atoms with van der Waals surface area (Å²) in [5.41, 5.74) is 0. The van der Waals surface area contributed by atoms with E-state index in [0.717, 1.165) is 6.42 Å². The lowest BCUT2D eigenvalue weighted by atomic mass is 10.2. The van der Waals surface area contributed by atoms with Crippen molar-refractivity contribution in [2.24, 2.45) is 0 Å². The standard InChI is InChI=1S/C12H16BrNO3S/c1-9-11(7-8-17-9)14(2)18(15,16)12-6-4-3-5-10(12)13/h3-6,9,11H,7-8H2,1-2H3. The molecule has 0 bridgehead atoms. The molecule has 1 fully saturated rings. The Bertz CT molecular complexity index is 532. The Balaban J connectivity index is 2.34. The highest BCUT2D eigenvalue weighted by molar-refractivity contribution is 9.10. The molecule has 0 N–H and O–H groups in total. The molecular formula is C12H16BrNO3S. The molecule has 18 heavy (non-hydrogen) atoms. The van der Waals surface area contributed by atoms with E-state index >= 15 is 0 Å². The zero-order chi connectivity index (χ0) is 13.3. The van der Waals surface area contributed by atoms with Gasteiger partial charge >= 0.3 is 0 Å². The monoisotopic (exact) mass is 333 g/mol. The molecule has 2 atom stereocenters. The van der Waals surface area contributed by atoms with Crippen LogP contribution in [0.25, 0.3) is 0 Å². The average Bonchev–Trinajstić information content (AvgIpc) is 2.74. The lowest BCUT2D eigenvalue weighted by molar-refractivity contribution is 0.102. The van der Waals surface area contributed by atoms with Crippen molar-refractivity contribution >= 4 is 26.0 Å². The van der Waals surface area contributed by atoms with E-state index in [1.165, 1.54) is 4.31 Å². The SMILES string of the molecule is CC1OCCC1N(C)S(=O)(=O)c1ccccc1Br. The molecule has 1 aromatic rings. The fraction of sp³-hybridized carbons (Fsp3) is 0.500. The number of hydrogen-bond acceptors (Lipinski definition) is 3. The molecule has 0 amide bonds. The highest BCUT2D eigenvalue weighted by atomic mass is 79.9. The van der Waals surface area contributed by atoms with Gasteiger partial charge in [-0.1, -0.05) is 12.1 Å². The van der Waals surface area contributed by atoms with Gasteiger partial charge in [-0.05, 0) is 41.4 Å². The number of rotatable bonds is 3. The summed E-state index contributed by atoms with van der Waals surface area (Å²) in [4.78, 5) is 0.298. The van der Waals surface area contributed by atoms with Crippen LogP contribution in [0.1, 0.15) is 13.3 Å². The third-order valence-corrected chi connectivity index (χ3v) is 6.19. The summed E-state index contributed by atoms with van der Waals surface area (Å²) in [6, 6.07) is 6.76. The summed E-state index contributed by atoms with van der Waals surface area (Å²) in [5.74, 6) is 0. The van der Waals surface area contributed by atoms with Gasteiger partial charge in [-0.15, -0.1) is 0 Å². The second kappa shape index (κ2) is 5.28. The van der Waals surface area contributed by atoms with Crippen molar-refractivity contribution in [1.29, 1.82) is 0 Å². The molecule has 0 aromatic heterocycles. The van der Waals surface area contributed by atoms with E-state index in [4.69, 9.17) is 4.74 Å². The molecule has 2 unspecified atom stereocenters. The fourth-order valence-electron chi connectivity index (χ4n) is 2.19. The first-order chi connectivity index (χ1) is 8.44. The van der Waals surface area contributed by atoms with Crippen LogP contribution in [-0.2, 0) is 14.8 Å². The van der Waals surface area contributed by atoms with Crippen LogP contribution >= 0.6 is 15.9 Å². The van der Waals surface area contributed by atoms with Gasteiger partial charge in [-0.3, -0.25) is 0 Å². The lowest BCUT2D eigenvalue weighted by Crippen LogP contribution is -2.41. The third-order valence-electron chi connectivity index (χ3n) is 3.30. The van der Waals surface area contributed by atoms with E-state index in [1.54, 1.807) is 31.3 Å². The van der Waals surface area contributed by atoms with Crippen molar-refractivity contribution < 1.29 is 13.2 Å². The largest absolute Gasteiger partial charge is 0.377 e. The van der Waals surface area contributed by atoms with Crippen molar-refractivity contribution in [3.8, 4) is 0 Å². The van der Waals surface area contributed by atoms with Crippen molar-refractivity contribution in [2.45, 2.75) is 30.4 Å². The van der Waals surface area contributed by atoms with Crippen molar-refractivity contribution in [2.75, 3.05) is 13.7 Å². The van der Waals surface area contributed by atoms with Crippen LogP contribution in [0.5, 0.6) is 0 Å². The van der Waals surface area contributed by atoms with E-state index in [9.17, 15) is 8.42 Å². The van der Waals surface area contributed by atoms with Gasteiger partial charge in [0.15, 0.2) is 0 Å². The molecule has 0 aliphatic carbocycles. The van der Waals surface area contributed by atoms with Gasteiger partial charge in [0.05, 0.1) is 17.0 Å². The molecule has 1 aromatic carbocycles. The van der Waals surface area contributed by atoms with Gasteiger partial charge < -0.3 is 4.74 Å². The van der Waals surface area contributed by atoms with Gasteiger partial charge in [0.2, 0.25) is 10.0 Å². The zero-order valence-electron chi connectivity index (χ0n) is 10.3. The number of halogens is 1. The van der Waals surface area contributed by atoms with E-state index in [1.807, 2.05) is 6.92 Å². The zero-order valence-corrected chi connectivity index (χ0v) is 12.7. The normalized spacial score (nSPS) is 24.7. The molecule has 2 rings (SSSR count). The van der Waals surface area contributed by atoms with Crippen LogP contribution in [0.2, 0.25) is 0 Å². The number of likely N-dealkylation sites (N-methyl/N-ethyl adjacent to an activating group) is 1. The fourth-order valence-corrected chi connectivity index (χ4v) is 4.59. The predicted octanol–water partition coefficient (Wildman–Crippen LogP) is 2.25. The van der Waals surface area contributed by atoms with E-state index in [2.05, 4.69) is 15.9 Å². The van der Waals surface area contributed by atoms with Crippen molar-refractivity contribution in [3.05, 3.63) is 28.7 Å². The van der Waals surface area contributed by atoms with Crippen LogP contribution in [0.4, 0.5) is 0 Å². The smallest absolute Gasteiger partial charge is 0.244 e. The Hall–Kier alpha value is -0.430. The van der Waals surface area contributed by atoms with Gasteiger partial charge in [0.25, 0.3) is 0 Å². The van der Waals surface area contributed by atoms with E-state index in [0.29, 0.717) is 16.0 Å². The van der Waals surface area contributed by atoms with Crippen LogP contribution in [0, 0.1) is 0 Å². The molecule has 0 saturated carbocycles. The van der Waals surface area contributed by atoms with Crippen LogP contribution < -0.4 is 0 Å². The minimum Gasteiger partial charge on any atom is -0.377 e. The molecule has 6 heteroatoms. The summed E-state index contributed by atoms with van der Waals surface area (Å²) in [5, 5.41) is 0. The molecule has 0 spiro atoms. The summed E-state index contributed by atoms with van der Waals surface area (Å²) >= 11 is 3.29. The molecular weight excluding hydrogens is 318 g/mol. The van der Waals surface area contributed by atoms with Gasteiger partial charge in [0, 0.05) is 18.1 Å². The maximum atomic E-state index is 12.5. The predicted molar refractivity (Wildman–Crippen MR) is 72.9 cm³/mol. The minimum absolute atomic E-state index is 0.0627. The molecule has 100 valence electrons. The maximum absolute atomic E-state index is 12.5. The molecule has 4 nitrogen and oxygen atoms in total. The van der Waals surface area contributed by atoms with Crippen LogP contribution in [0.15, 0.2) is 33.6 Å². The Morgan fingerprint density at radius 3 is 2.61 bits per heavy atom. The summed E-state index contributed by atoms with van der Waals surface area (Å²) in [6.07, 6.45) is 0.675. The van der Waals surface area contributed by atoms with Crippen molar-refractivity contribution in [1.82, 2.24) is 4.31 Å². The number of nitrogens with zero attached hydrogens (tertiary/aromatic N) is 1. The average molecular weight is 334 g/mol. The first-order valence-electron chi connectivity index (χ1n) is 5.79. The maximum Gasteiger partial charge on any atom is 0.244 e. The van der Waals surface area contributed by atoms with Crippen molar-refractivity contribution in [3.63, 3.8) is 0 Å². The minimum atomic E-state index is -3.48. The summed E-state index contributed by atoms with van der Waals surface area (Å²) < 4.78 is 32.5. The first-order valence-corrected chi connectivity index (χ1v) is 8.02. The number of ether oxygens (including phenoxy) is 1. The second-order valence-corrected chi connectivity index (χ2v) is 7.20. The quantitative estimate of drug-likeness (QED) is 0.852. The summed E-state index contributed by atoms with van der Waals surface area (Å²) in [7, 11) is -1.86. The lowest BCUT2D eigenvalue weighted by Gasteiger charge is -2.26. The molecule has 1 aliphatic heterocycles. The topological polar surface area (TPSA) is 46.6 Å². The molecule has 1 saturated heterocycles. The first kappa shape index (κ1) is 14.0. The Kier molecular flexibility index (Phi) is 4.11. The van der Waals surface area contributed by atoms with Crippen LogP contribution in [-0.4, -0.2) is 38.5 Å². The summed E-state index contributed by atoms with van der Waals surface area (Å²) in [6.45, 7) is 2.52. The van der Waals surface area contributed by atoms with E-state index in [-0.39, 0.29) is 12.1 Å². The number of benzene rings is 1. The molecule has 0 radical (unpaired) electrons. The molecule has 1 heterocycles.